The van der Waals surface area contributed by atoms with Crippen LogP contribution in [0.25, 0.3) is 10.8 Å². The highest BCUT2D eigenvalue weighted by Crippen LogP contribution is 2.32. The molecule has 0 bridgehead atoms. The molecule has 3 N–H and O–H groups in total. The minimum Gasteiger partial charge on any atom is -0.490 e. The number of hydrogen-bond acceptors (Lipinski definition) is 3. The number of aromatic nitrogens is 1. The monoisotopic (exact) mass is 298 g/mol. The Balaban J connectivity index is 1.70. The van der Waals surface area contributed by atoms with Gasteiger partial charge in [0.15, 0.2) is 0 Å². The lowest BCUT2D eigenvalue weighted by atomic mass is 9.79. The number of nitrogens with two attached hydrogens (primary N) is 1. The number of H-pyrrole nitrogens is 1. The second-order valence-electron chi connectivity index (χ2n) is 6.23. The van der Waals surface area contributed by atoms with E-state index in [1.54, 1.807) is 6.20 Å². The van der Waals surface area contributed by atoms with Gasteiger partial charge in [0.1, 0.15) is 5.75 Å². The second kappa shape index (κ2) is 5.97. The van der Waals surface area contributed by atoms with Gasteiger partial charge < -0.3 is 15.5 Å². The van der Waals surface area contributed by atoms with E-state index in [4.69, 9.17) is 10.5 Å². The van der Waals surface area contributed by atoms with E-state index in [-0.39, 0.29) is 17.2 Å². The van der Waals surface area contributed by atoms with Gasteiger partial charge in [0.05, 0.1) is 6.10 Å². The number of ether oxygens (including phenoxy) is 1. The van der Waals surface area contributed by atoms with Gasteiger partial charge in [0, 0.05) is 17.1 Å². The van der Waals surface area contributed by atoms with E-state index in [0.717, 1.165) is 43.2 Å². The highest BCUT2D eigenvalue weighted by molar-refractivity contribution is 5.82. The van der Waals surface area contributed by atoms with Gasteiger partial charge in [-0.2, -0.15) is 0 Å². The number of aromatic amines is 1. The first-order valence-electron chi connectivity index (χ1n) is 7.77. The van der Waals surface area contributed by atoms with Crippen molar-refractivity contribution >= 4 is 10.8 Å². The van der Waals surface area contributed by atoms with Crippen molar-refractivity contribution in [2.24, 2.45) is 5.73 Å². The largest absolute Gasteiger partial charge is 0.490 e. The van der Waals surface area contributed by atoms with Crippen molar-refractivity contribution in [1.82, 2.24) is 4.98 Å². The number of pyridine rings is 1. The summed E-state index contributed by atoms with van der Waals surface area (Å²) in [6.07, 6.45) is 8.44. The van der Waals surface area contributed by atoms with E-state index in [2.05, 4.69) is 11.6 Å². The van der Waals surface area contributed by atoms with E-state index >= 15 is 0 Å². The Morgan fingerprint density at radius 2 is 2.14 bits per heavy atom. The highest BCUT2D eigenvalue weighted by Gasteiger charge is 2.31. The van der Waals surface area contributed by atoms with Crippen molar-refractivity contribution in [3.05, 3.63) is 53.5 Å². The number of benzene rings is 1. The number of hydrogen-bond donors (Lipinski definition) is 2. The van der Waals surface area contributed by atoms with E-state index in [1.165, 1.54) is 0 Å². The molecule has 1 fully saturated rings. The van der Waals surface area contributed by atoms with Crippen molar-refractivity contribution in [2.45, 2.75) is 43.7 Å². The molecule has 0 amide bonds. The summed E-state index contributed by atoms with van der Waals surface area (Å²) in [5.74, 6) is 0.816. The lowest BCUT2D eigenvalue weighted by molar-refractivity contribution is 0.119. The zero-order valence-corrected chi connectivity index (χ0v) is 12.7. The van der Waals surface area contributed by atoms with Crippen LogP contribution in [0.2, 0.25) is 0 Å². The van der Waals surface area contributed by atoms with Crippen LogP contribution in [0.1, 0.15) is 32.1 Å². The third-order valence-corrected chi connectivity index (χ3v) is 4.53. The molecule has 4 heteroatoms. The van der Waals surface area contributed by atoms with Crippen LogP contribution in [-0.2, 0) is 0 Å². The molecule has 4 nitrogen and oxygen atoms in total. The van der Waals surface area contributed by atoms with Crippen molar-refractivity contribution < 1.29 is 4.74 Å². The Kier molecular flexibility index (Phi) is 4.03. The molecule has 0 atom stereocenters. The van der Waals surface area contributed by atoms with Crippen molar-refractivity contribution in [1.29, 1.82) is 0 Å². The standard InChI is InChI=1S/C18H22N2O2/c1-2-8-18(19)9-5-14(6-10-18)22-15-3-4-16-13(12-15)7-11-20-17(16)21/h2-4,7,11-12,14H,1,5-6,8-10,19H2,(H,20,21). The van der Waals surface area contributed by atoms with Gasteiger partial charge in [-0.25, -0.2) is 0 Å². The van der Waals surface area contributed by atoms with Crippen LogP contribution in [0.3, 0.4) is 0 Å². The summed E-state index contributed by atoms with van der Waals surface area (Å²) in [6, 6.07) is 7.50. The second-order valence-corrected chi connectivity index (χ2v) is 6.23. The first kappa shape index (κ1) is 14.9. The van der Waals surface area contributed by atoms with Gasteiger partial charge in [0.25, 0.3) is 5.56 Å². The van der Waals surface area contributed by atoms with Crippen molar-refractivity contribution in [3.8, 4) is 5.75 Å². The predicted molar refractivity (Wildman–Crippen MR) is 89.2 cm³/mol. The SMILES string of the molecule is C=CCC1(N)CCC(Oc2ccc3c(=O)[nH]ccc3c2)CC1. The summed E-state index contributed by atoms with van der Waals surface area (Å²) in [7, 11) is 0. The minimum atomic E-state index is -0.113. The van der Waals surface area contributed by atoms with Gasteiger partial charge in [-0.15, -0.1) is 6.58 Å². The maximum absolute atomic E-state index is 11.7. The molecular formula is C18H22N2O2. The lowest BCUT2D eigenvalue weighted by Crippen LogP contribution is -2.44. The molecule has 0 spiro atoms. The molecule has 3 rings (SSSR count). The Hall–Kier alpha value is -2.07. The summed E-state index contributed by atoms with van der Waals surface area (Å²) in [4.78, 5) is 14.4. The zero-order chi connectivity index (χ0) is 15.6. The molecule has 22 heavy (non-hydrogen) atoms. The van der Waals surface area contributed by atoms with Crippen LogP contribution in [0.4, 0.5) is 0 Å². The van der Waals surface area contributed by atoms with Gasteiger partial charge in [-0.3, -0.25) is 4.79 Å². The maximum atomic E-state index is 11.7. The molecular weight excluding hydrogens is 276 g/mol. The molecule has 1 aliphatic rings. The average molecular weight is 298 g/mol. The third-order valence-electron chi connectivity index (χ3n) is 4.53. The normalized spacial score (nSPS) is 25.0. The van der Waals surface area contributed by atoms with Crippen LogP contribution in [-0.4, -0.2) is 16.6 Å². The summed E-state index contributed by atoms with van der Waals surface area (Å²) < 4.78 is 6.08. The molecule has 1 aliphatic carbocycles. The molecule has 2 aromatic rings. The first-order valence-corrected chi connectivity index (χ1v) is 7.77. The molecule has 0 radical (unpaired) electrons. The van der Waals surface area contributed by atoms with Crippen molar-refractivity contribution in [2.75, 3.05) is 0 Å². The summed E-state index contributed by atoms with van der Waals surface area (Å²) in [6.45, 7) is 3.78. The van der Waals surface area contributed by atoms with Crippen LogP contribution < -0.4 is 16.0 Å². The Labute approximate surface area is 130 Å². The number of fused-ring (bicyclic) bond motifs is 1. The van der Waals surface area contributed by atoms with Crippen LogP contribution >= 0.6 is 0 Å². The molecule has 1 aromatic heterocycles. The van der Waals surface area contributed by atoms with Crippen LogP contribution in [0.5, 0.6) is 5.75 Å². The third kappa shape index (κ3) is 3.07. The fourth-order valence-electron chi connectivity index (χ4n) is 3.21. The molecule has 0 aliphatic heterocycles. The van der Waals surface area contributed by atoms with E-state index in [0.29, 0.717) is 5.39 Å². The van der Waals surface area contributed by atoms with E-state index < -0.39 is 0 Å². The fraction of sp³-hybridized carbons (Fsp3) is 0.389. The summed E-state index contributed by atoms with van der Waals surface area (Å²) in [5.41, 5.74) is 6.17. The van der Waals surface area contributed by atoms with Gasteiger partial charge in [0.2, 0.25) is 0 Å². The van der Waals surface area contributed by atoms with Crippen LogP contribution in [0, 0.1) is 0 Å². The number of nitrogens with one attached hydrogen (secondary N) is 1. The molecule has 1 heterocycles. The Morgan fingerprint density at radius 3 is 2.86 bits per heavy atom. The molecule has 116 valence electrons. The smallest absolute Gasteiger partial charge is 0.255 e. The Morgan fingerprint density at radius 1 is 1.36 bits per heavy atom. The van der Waals surface area contributed by atoms with E-state index in [1.807, 2.05) is 30.3 Å². The molecule has 1 saturated carbocycles. The van der Waals surface area contributed by atoms with Gasteiger partial charge in [-0.05, 0) is 61.8 Å². The summed E-state index contributed by atoms with van der Waals surface area (Å²) in [5, 5.41) is 1.59. The predicted octanol–water partition coefficient (Wildman–Crippen LogP) is 3.12. The molecule has 0 saturated heterocycles. The quantitative estimate of drug-likeness (QED) is 0.852. The maximum Gasteiger partial charge on any atom is 0.255 e. The van der Waals surface area contributed by atoms with Crippen LogP contribution in [0.15, 0.2) is 47.9 Å². The molecule has 0 unspecified atom stereocenters. The van der Waals surface area contributed by atoms with Gasteiger partial charge >= 0.3 is 0 Å². The topological polar surface area (TPSA) is 68.1 Å². The molecule has 1 aromatic carbocycles. The summed E-state index contributed by atoms with van der Waals surface area (Å²) >= 11 is 0. The average Bonchev–Trinajstić information content (AvgIpc) is 2.50. The Bertz CT molecular complexity index is 727. The zero-order valence-electron chi connectivity index (χ0n) is 12.7. The lowest BCUT2D eigenvalue weighted by Gasteiger charge is -2.36. The number of rotatable bonds is 4. The first-order chi connectivity index (χ1) is 10.6. The van der Waals surface area contributed by atoms with Gasteiger partial charge in [-0.1, -0.05) is 6.08 Å². The van der Waals surface area contributed by atoms with E-state index in [9.17, 15) is 4.79 Å². The minimum absolute atomic E-state index is 0.0703. The highest BCUT2D eigenvalue weighted by atomic mass is 16.5. The fourth-order valence-corrected chi connectivity index (χ4v) is 3.21. The van der Waals surface area contributed by atoms with Crippen molar-refractivity contribution in [3.63, 3.8) is 0 Å².